The van der Waals surface area contributed by atoms with E-state index in [0.717, 1.165) is 0 Å². The predicted octanol–water partition coefficient (Wildman–Crippen LogP) is 0.716. The van der Waals surface area contributed by atoms with Crippen LogP contribution >= 0.6 is 0 Å². The Balaban J connectivity index is 4.33. The summed E-state index contributed by atoms with van der Waals surface area (Å²) >= 11 is 0. The molecule has 0 radical (unpaired) electrons. The predicted molar refractivity (Wildman–Crippen MR) is 45.1 cm³/mol. The van der Waals surface area contributed by atoms with Crippen LogP contribution in [0.2, 0.25) is 0 Å². The number of aliphatic hydroxyl groups is 1. The minimum atomic E-state index is -0.915. The van der Waals surface area contributed by atoms with Gasteiger partial charge >= 0.3 is 0 Å². The standard InChI is InChI=1S/C8H19NO2/c1-5-11-8(9,6-10)7(2,3)4/h10H,5-6,9H2,1-4H3. The number of nitrogens with two attached hydrogens (primary N) is 1. The van der Waals surface area contributed by atoms with Gasteiger partial charge in [-0.05, 0) is 6.92 Å². The molecule has 0 aromatic heterocycles. The molecule has 0 heterocycles. The summed E-state index contributed by atoms with van der Waals surface area (Å²) in [4.78, 5) is 0. The fourth-order valence-electron chi connectivity index (χ4n) is 0.757. The van der Waals surface area contributed by atoms with Crippen LogP contribution in [0.25, 0.3) is 0 Å². The average molecular weight is 161 g/mol. The zero-order chi connectivity index (χ0) is 9.12. The monoisotopic (exact) mass is 161 g/mol. The van der Waals surface area contributed by atoms with Crippen molar-refractivity contribution in [3.8, 4) is 0 Å². The zero-order valence-corrected chi connectivity index (χ0v) is 7.85. The highest BCUT2D eigenvalue weighted by molar-refractivity contribution is 4.86. The molecule has 1 unspecified atom stereocenters. The first-order valence-corrected chi connectivity index (χ1v) is 3.91. The molecule has 0 amide bonds. The lowest BCUT2D eigenvalue weighted by Crippen LogP contribution is -2.56. The van der Waals surface area contributed by atoms with Gasteiger partial charge in [0.25, 0.3) is 0 Å². The van der Waals surface area contributed by atoms with Crippen molar-refractivity contribution in [2.75, 3.05) is 13.2 Å². The second-order valence-corrected chi connectivity index (χ2v) is 3.73. The summed E-state index contributed by atoms with van der Waals surface area (Å²) in [6.07, 6.45) is 0. The highest BCUT2D eigenvalue weighted by Crippen LogP contribution is 2.28. The van der Waals surface area contributed by atoms with Gasteiger partial charge in [-0.3, -0.25) is 0 Å². The Kier molecular flexibility index (Phi) is 3.48. The van der Waals surface area contributed by atoms with E-state index in [1.807, 2.05) is 27.7 Å². The van der Waals surface area contributed by atoms with Crippen LogP contribution in [-0.2, 0) is 4.74 Å². The average Bonchev–Trinajstić information content (AvgIpc) is 1.86. The van der Waals surface area contributed by atoms with Crippen LogP contribution in [0.5, 0.6) is 0 Å². The van der Waals surface area contributed by atoms with Crippen molar-refractivity contribution < 1.29 is 9.84 Å². The zero-order valence-electron chi connectivity index (χ0n) is 7.85. The van der Waals surface area contributed by atoms with Gasteiger partial charge in [0.15, 0.2) is 0 Å². The van der Waals surface area contributed by atoms with Crippen molar-refractivity contribution in [1.82, 2.24) is 0 Å². The molecule has 0 bridgehead atoms. The highest BCUT2D eigenvalue weighted by Gasteiger charge is 2.38. The van der Waals surface area contributed by atoms with Crippen LogP contribution in [0.4, 0.5) is 0 Å². The molecule has 0 fully saturated rings. The Morgan fingerprint density at radius 2 is 1.82 bits per heavy atom. The van der Waals surface area contributed by atoms with Gasteiger partial charge in [0, 0.05) is 12.0 Å². The number of hydrogen-bond donors (Lipinski definition) is 2. The SMILES string of the molecule is CCOC(N)(CO)C(C)(C)C. The second-order valence-electron chi connectivity index (χ2n) is 3.73. The molecule has 0 rings (SSSR count). The van der Waals surface area contributed by atoms with E-state index < -0.39 is 5.72 Å². The maximum atomic E-state index is 9.00. The van der Waals surface area contributed by atoms with E-state index in [0.29, 0.717) is 6.61 Å². The maximum absolute atomic E-state index is 9.00. The van der Waals surface area contributed by atoms with Crippen LogP contribution in [0, 0.1) is 5.41 Å². The molecule has 3 N–H and O–H groups in total. The van der Waals surface area contributed by atoms with Gasteiger partial charge in [-0.1, -0.05) is 20.8 Å². The van der Waals surface area contributed by atoms with E-state index in [1.54, 1.807) is 0 Å². The van der Waals surface area contributed by atoms with Crippen LogP contribution in [-0.4, -0.2) is 24.0 Å². The smallest absolute Gasteiger partial charge is 0.144 e. The first-order chi connectivity index (χ1) is 4.87. The lowest BCUT2D eigenvalue weighted by molar-refractivity contribution is -0.136. The third-order valence-electron chi connectivity index (χ3n) is 1.91. The van der Waals surface area contributed by atoms with Crippen molar-refractivity contribution in [3.05, 3.63) is 0 Å². The van der Waals surface area contributed by atoms with Crippen LogP contribution in [0.1, 0.15) is 27.7 Å². The molecule has 0 saturated carbocycles. The Bertz CT molecular complexity index is 120. The highest BCUT2D eigenvalue weighted by atomic mass is 16.5. The summed E-state index contributed by atoms with van der Waals surface area (Å²) in [6.45, 7) is 8.07. The van der Waals surface area contributed by atoms with E-state index in [9.17, 15) is 0 Å². The van der Waals surface area contributed by atoms with Gasteiger partial charge in [0.1, 0.15) is 5.72 Å². The summed E-state index contributed by atoms with van der Waals surface area (Å²) in [7, 11) is 0. The van der Waals surface area contributed by atoms with Gasteiger partial charge in [0.2, 0.25) is 0 Å². The number of hydrogen-bond acceptors (Lipinski definition) is 3. The number of rotatable bonds is 3. The molecule has 0 aliphatic rings. The first-order valence-electron chi connectivity index (χ1n) is 3.91. The summed E-state index contributed by atoms with van der Waals surface area (Å²) in [5.74, 6) is 0. The summed E-state index contributed by atoms with van der Waals surface area (Å²) < 4.78 is 5.27. The summed E-state index contributed by atoms with van der Waals surface area (Å²) in [6, 6.07) is 0. The Hall–Kier alpha value is -0.120. The van der Waals surface area contributed by atoms with Crippen LogP contribution in [0.3, 0.4) is 0 Å². The fourth-order valence-corrected chi connectivity index (χ4v) is 0.757. The first kappa shape index (κ1) is 10.9. The van der Waals surface area contributed by atoms with Gasteiger partial charge in [-0.25, -0.2) is 0 Å². The minimum absolute atomic E-state index is 0.148. The van der Waals surface area contributed by atoms with Crippen molar-refractivity contribution in [2.24, 2.45) is 11.1 Å². The second kappa shape index (κ2) is 3.52. The van der Waals surface area contributed by atoms with Crippen molar-refractivity contribution in [2.45, 2.75) is 33.4 Å². The molecular formula is C8H19NO2. The van der Waals surface area contributed by atoms with E-state index in [-0.39, 0.29) is 12.0 Å². The van der Waals surface area contributed by atoms with Crippen molar-refractivity contribution in [1.29, 1.82) is 0 Å². The number of aliphatic hydroxyl groups excluding tert-OH is 1. The van der Waals surface area contributed by atoms with E-state index in [2.05, 4.69) is 0 Å². The molecule has 0 spiro atoms. The molecule has 11 heavy (non-hydrogen) atoms. The lowest BCUT2D eigenvalue weighted by Gasteiger charge is -2.39. The lowest BCUT2D eigenvalue weighted by atomic mass is 9.84. The molecule has 0 aliphatic heterocycles. The normalized spacial score (nSPS) is 18.0. The van der Waals surface area contributed by atoms with E-state index in [4.69, 9.17) is 15.6 Å². The Morgan fingerprint density at radius 1 is 1.36 bits per heavy atom. The largest absolute Gasteiger partial charge is 0.392 e. The Morgan fingerprint density at radius 3 is 1.91 bits per heavy atom. The third-order valence-corrected chi connectivity index (χ3v) is 1.91. The fraction of sp³-hybridized carbons (Fsp3) is 1.00. The summed E-state index contributed by atoms with van der Waals surface area (Å²) in [5.41, 5.74) is 4.66. The van der Waals surface area contributed by atoms with Crippen molar-refractivity contribution >= 4 is 0 Å². The molecule has 0 aliphatic carbocycles. The van der Waals surface area contributed by atoms with E-state index >= 15 is 0 Å². The minimum Gasteiger partial charge on any atom is -0.392 e. The topological polar surface area (TPSA) is 55.5 Å². The molecular weight excluding hydrogens is 142 g/mol. The van der Waals surface area contributed by atoms with Gasteiger partial charge in [-0.15, -0.1) is 0 Å². The number of ether oxygens (including phenoxy) is 1. The van der Waals surface area contributed by atoms with E-state index in [1.165, 1.54) is 0 Å². The third kappa shape index (κ3) is 2.43. The molecule has 68 valence electrons. The molecule has 0 saturated heterocycles. The molecule has 3 nitrogen and oxygen atoms in total. The molecule has 1 atom stereocenters. The van der Waals surface area contributed by atoms with Gasteiger partial charge < -0.3 is 15.6 Å². The Labute approximate surface area is 68.5 Å². The van der Waals surface area contributed by atoms with Crippen molar-refractivity contribution in [3.63, 3.8) is 0 Å². The molecule has 3 heteroatoms. The molecule has 0 aromatic carbocycles. The summed E-state index contributed by atoms with van der Waals surface area (Å²) in [5, 5.41) is 9.00. The van der Waals surface area contributed by atoms with Crippen LogP contribution < -0.4 is 5.73 Å². The van der Waals surface area contributed by atoms with Gasteiger partial charge in [0.05, 0.1) is 6.61 Å². The van der Waals surface area contributed by atoms with Gasteiger partial charge in [-0.2, -0.15) is 0 Å². The maximum Gasteiger partial charge on any atom is 0.144 e. The molecule has 0 aromatic rings. The quantitative estimate of drug-likeness (QED) is 0.599. The van der Waals surface area contributed by atoms with Crippen LogP contribution in [0.15, 0.2) is 0 Å².